The van der Waals surface area contributed by atoms with Crippen molar-refractivity contribution in [3.8, 4) is 0 Å². The van der Waals surface area contributed by atoms with Gasteiger partial charge in [0.1, 0.15) is 0 Å². The predicted octanol–water partition coefficient (Wildman–Crippen LogP) is 3.56. The van der Waals surface area contributed by atoms with Crippen molar-refractivity contribution in [2.45, 2.75) is 32.4 Å². The number of thiophene rings is 1. The minimum atomic E-state index is -0.488. The Hall–Kier alpha value is -0.650. The van der Waals surface area contributed by atoms with E-state index in [0.717, 1.165) is 14.9 Å². The van der Waals surface area contributed by atoms with Crippen molar-refractivity contribution in [3.05, 3.63) is 38.8 Å². The summed E-state index contributed by atoms with van der Waals surface area (Å²) >= 11 is 5.13. The maximum absolute atomic E-state index is 10.1. The first kappa shape index (κ1) is 12.8. The molecule has 92 valence electrons. The second-order valence-electron chi connectivity index (χ2n) is 4.26. The fourth-order valence-electron chi connectivity index (χ4n) is 1.57. The Morgan fingerprint density at radius 1 is 1.53 bits per heavy atom. The maximum Gasteiger partial charge on any atom is 0.0869 e. The van der Waals surface area contributed by atoms with Crippen molar-refractivity contribution in [2.24, 2.45) is 0 Å². The highest BCUT2D eigenvalue weighted by Crippen LogP contribution is 2.28. The zero-order valence-corrected chi connectivity index (χ0v) is 12.2. The summed E-state index contributed by atoms with van der Waals surface area (Å²) in [5, 5.41) is 16.4. The Balaban J connectivity index is 2.09. The van der Waals surface area contributed by atoms with Crippen molar-refractivity contribution in [1.29, 1.82) is 0 Å². The van der Waals surface area contributed by atoms with E-state index in [1.165, 1.54) is 0 Å². The molecule has 0 aliphatic rings. The van der Waals surface area contributed by atoms with Gasteiger partial charge in [-0.2, -0.15) is 5.10 Å². The first-order valence-electron chi connectivity index (χ1n) is 5.52. The molecule has 0 aromatic carbocycles. The molecular weight excluding hydrogens is 300 g/mol. The van der Waals surface area contributed by atoms with Crippen LogP contribution in [0, 0.1) is 0 Å². The van der Waals surface area contributed by atoms with Crippen molar-refractivity contribution < 1.29 is 5.11 Å². The van der Waals surface area contributed by atoms with Gasteiger partial charge in [0.15, 0.2) is 0 Å². The number of hydrogen-bond donors (Lipinski definition) is 1. The molecule has 1 N–H and O–H groups in total. The van der Waals surface area contributed by atoms with Crippen molar-refractivity contribution in [1.82, 2.24) is 9.78 Å². The first-order valence-corrected chi connectivity index (χ1v) is 7.19. The molecule has 2 aromatic rings. The van der Waals surface area contributed by atoms with Crippen LogP contribution >= 0.6 is 27.3 Å². The van der Waals surface area contributed by atoms with Crippen LogP contribution < -0.4 is 0 Å². The Bertz CT molecular complexity index is 492. The van der Waals surface area contributed by atoms with Crippen molar-refractivity contribution >= 4 is 27.3 Å². The molecule has 0 radical (unpaired) electrons. The van der Waals surface area contributed by atoms with E-state index >= 15 is 0 Å². The molecule has 2 aromatic heterocycles. The topological polar surface area (TPSA) is 38.0 Å². The highest BCUT2D eigenvalue weighted by molar-refractivity contribution is 9.10. The molecule has 0 saturated heterocycles. The van der Waals surface area contributed by atoms with Crippen LogP contribution in [-0.4, -0.2) is 14.9 Å². The first-order chi connectivity index (χ1) is 8.08. The second-order valence-corrected chi connectivity index (χ2v) is 6.11. The average molecular weight is 315 g/mol. The van der Waals surface area contributed by atoms with Crippen LogP contribution in [-0.2, 0) is 6.42 Å². The van der Waals surface area contributed by atoms with E-state index in [1.54, 1.807) is 17.5 Å². The minimum absolute atomic E-state index is 0.324. The van der Waals surface area contributed by atoms with Gasteiger partial charge in [-0.25, -0.2) is 0 Å². The van der Waals surface area contributed by atoms with E-state index in [0.29, 0.717) is 12.5 Å². The van der Waals surface area contributed by atoms with E-state index < -0.39 is 6.10 Å². The fourth-order valence-corrected chi connectivity index (χ4v) is 3.12. The molecule has 0 saturated carbocycles. The van der Waals surface area contributed by atoms with E-state index in [1.807, 2.05) is 22.3 Å². The molecule has 0 aliphatic carbocycles. The van der Waals surface area contributed by atoms with E-state index in [4.69, 9.17) is 0 Å². The zero-order chi connectivity index (χ0) is 12.4. The van der Waals surface area contributed by atoms with E-state index in [9.17, 15) is 5.11 Å². The summed E-state index contributed by atoms with van der Waals surface area (Å²) in [6.07, 6.45) is 3.79. The van der Waals surface area contributed by atoms with Crippen LogP contribution in [0.15, 0.2) is 28.3 Å². The van der Waals surface area contributed by atoms with Crippen LogP contribution in [0.3, 0.4) is 0 Å². The Kier molecular flexibility index (Phi) is 4.01. The summed E-state index contributed by atoms with van der Waals surface area (Å²) in [7, 11) is 0. The average Bonchev–Trinajstić information content (AvgIpc) is 2.88. The maximum atomic E-state index is 10.1. The third kappa shape index (κ3) is 2.97. The largest absolute Gasteiger partial charge is 0.388 e. The number of aliphatic hydroxyl groups is 1. The number of aromatic nitrogens is 2. The molecule has 0 aliphatic heterocycles. The molecule has 17 heavy (non-hydrogen) atoms. The fraction of sp³-hybridized carbons (Fsp3) is 0.417. The summed E-state index contributed by atoms with van der Waals surface area (Å²) in [6, 6.07) is 2.33. The van der Waals surface area contributed by atoms with Crippen LogP contribution in [0.2, 0.25) is 0 Å². The zero-order valence-electron chi connectivity index (χ0n) is 9.80. The normalized spacial score (nSPS) is 13.2. The third-order valence-electron chi connectivity index (χ3n) is 2.61. The Labute approximate surface area is 113 Å². The molecule has 1 atom stereocenters. The molecule has 0 bridgehead atoms. The number of nitrogens with zero attached hydrogens (tertiary/aromatic N) is 2. The predicted molar refractivity (Wildman–Crippen MR) is 73.3 cm³/mol. The van der Waals surface area contributed by atoms with E-state index in [2.05, 4.69) is 34.9 Å². The summed E-state index contributed by atoms with van der Waals surface area (Å²) in [5.74, 6) is 0. The Morgan fingerprint density at radius 2 is 2.29 bits per heavy atom. The second kappa shape index (κ2) is 5.33. The summed E-state index contributed by atoms with van der Waals surface area (Å²) in [6.45, 7) is 4.14. The van der Waals surface area contributed by atoms with Gasteiger partial charge in [-0.1, -0.05) is 0 Å². The molecule has 5 heteroatoms. The quantitative estimate of drug-likeness (QED) is 0.937. The molecule has 0 spiro atoms. The lowest BCUT2D eigenvalue weighted by atomic mass is 10.1. The van der Waals surface area contributed by atoms with Gasteiger partial charge >= 0.3 is 0 Å². The van der Waals surface area contributed by atoms with Gasteiger partial charge in [0, 0.05) is 33.6 Å². The van der Waals surface area contributed by atoms with Gasteiger partial charge in [-0.3, -0.25) is 4.68 Å². The van der Waals surface area contributed by atoms with Crippen LogP contribution in [0.1, 0.15) is 36.4 Å². The van der Waals surface area contributed by atoms with Crippen LogP contribution in [0.5, 0.6) is 0 Å². The van der Waals surface area contributed by atoms with Crippen LogP contribution in [0.25, 0.3) is 0 Å². The van der Waals surface area contributed by atoms with Crippen LogP contribution in [0.4, 0.5) is 0 Å². The number of aliphatic hydroxyl groups excluding tert-OH is 1. The molecule has 0 fully saturated rings. The van der Waals surface area contributed by atoms with Gasteiger partial charge < -0.3 is 5.11 Å². The summed E-state index contributed by atoms with van der Waals surface area (Å²) in [5.41, 5.74) is 0.874. The van der Waals surface area contributed by atoms with Crippen molar-refractivity contribution in [3.63, 3.8) is 0 Å². The smallest absolute Gasteiger partial charge is 0.0869 e. The summed E-state index contributed by atoms with van der Waals surface area (Å²) in [4.78, 5) is 1.16. The van der Waals surface area contributed by atoms with Gasteiger partial charge in [-0.15, -0.1) is 11.3 Å². The standard InChI is InChI=1S/C12H15BrN2OS/c1-8(2)15-7-9(6-14-15)11(16)5-12-10(13)3-4-17-12/h3-4,6-8,11,16H,5H2,1-2H3. The molecule has 2 heterocycles. The highest BCUT2D eigenvalue weighted by Gasteiger charge is 2.14. The summed E-state index contributed by atoms with van der Waals surface area (Å²) < 4.78 is 2.93. The van der Waals surface area contributed by atoms with Gasteiger partial charge in [0.25, 0.3) is 0 Å². The van der Waals surface area contributed by atoms with Crippen molar-refractivity contribution in [2.75, 3.05) is 0 Å². The van der Waals surface area contributed by atoms with Gasteiger partial charge in [-0.05, 0) is 41.2 Å². The number of hydrogen-bond acceptors (Lipinski definition) is 3. The minimum Gasteiger partial charge on any atom is -0.388 e. The highest BCUT2D eigenvalue weighted by atomic mass is 79.9. The molecule has 1 unspecified atom stereocenters. The number of rotatable bonds is 4. The van der Waals surface area contributed by atoms with Gasteiger partial charge in [0.2, 0.25) is 0 Å². The molecule has 2 rings (SSSR count). The third-order valence-corrected chi connectivity index (χ3v) is 4.55. The molecule has 0 amide bonds. The van der Waals surface area contributed by atoms with E-state index in [-0.39, 0.29) is 0 Å². The lowest BCUT2D eigenvalue weighted by Crippen LogP contribution is -2.02. The van der Waals surface area contributed by atoms with Gasteiger partial charge in [0.05, 0.1) is 12.3 Å². The molecular formula is C12H15BrN2OS. The monoisotopic (exact) mass is 314 g/mol. The Morgan fingerprint density at radius 3 is 2.82 bits per heavy atom. The number of halogens is 1. The SMILES string of the molecule is CC(C)n1cc(C(O)Cc2sccc2Br)cn1. The molecule has 3 nitrogen and oxygen atoms in total. The lowest BCUT2D eigenvalue weighted by molar-refractivity contribution is 0.179. The lowest BCUT2D eigenvalue weighted by Gasteiger charge is -2.07.